The number of aryl methyl sites for hydroxylation is 1. The summed E-state index contributed by atoms with van der Waals surface area (Å²) in [6.07, 6.45) is 0.870. The maximum Gasteiger partial charge on any atom is 0.319 e. The van der Waals surface area contributed by atoms with Crippen molar-refractivity contribution in [3.63, 3.8) is 0 Å². The molecule has 3 rings (SSSR count). The summed E-state index contributed by atoms with van der Waals surface area (Å²) < 4.78 is 11.5. The third-order valence-electron chi connectivity index (χ3n) is 4.36. The Balaban J connectivity index is 1.74. The summed E-state index contributed by atoms with van der Waals surface area (Å²) in [4.78, 5) is 12.5. The largest absolute Gasteiger partial charge is 0.490 e. The van der Waals surface area contributed by atoms with Crippen molar-refractivity contribution >= 4 is 11.7 Å². The van der Waals surface area contributed by atoms with Crippen LogP contribution in [0.15, 0.2) is 42.5 Å². The lowest BCUT2D eigenvalue weighted by Gasteiger charge is -2.24. The number of benzene rings is 2. The lowest BCUT2D eigenvalue weighted by atomic mass is 9.96. The number of nitrogens with one attached hydrogen (secondary N) is 2. The highest BCUT2D eigenvalue weighted by Crippen LogP contribution is 2.34. The molecule has 0 aliphatic carbocycles. The van der Waals surface area contributed by atoms with Crippen LogP contribution in [0.1, 0.15) is 37.4 Å². The highest BCUT2D eigenvalue weighted by atomic mass is 16.5. The maximum atomic E-state index is 12.5. The summed E-state index contributed by atoms with van der Waals surface area (Å²) in [6, 6.07) is 13.3. The van der Waals surface area contributed by atoms with Crippen LogP contribution in [0.3, 0.4) is 0 Å². The number of anilines is 1. The van der Waals surface area contributed by atoms with Gasteiger partial charge >= 0.3 is 6.03 Å². The number of urea groups is 1. The van der Waals surface area contributed by atoms with Crippen LogP contribution in [0.4, 0.5) is 10.5 Å². The molecule has 2 aromatic rings. The monoisotopic (exact) mass is 354 g/mol. The Hall–Kier alpha value is -2.69. The molecule has 1 aliphatic heterocycles. The first-order valence-corrected chi connectivity index (χ1v) is 9.06. The van der Waals surface area contributed by atoms with E-state index in [1.807, 2.05) is 49.4 Å². The van der Waals surface area contributed by atoms with Crippen molar-refractivity contribution in [2.45, 2.75) is 33.2 Å². The van der Waals surface area contributed by atoms with E-state index in [9.17, 15) is 4.79 Å². The lowest BCUT2D eigenvalue weighted by molar-refractivity contribution is 0.244. The lowest BCUT2D eigenvalue weighted by Crippen LogP contribution is -2.35. The summed E-state index contributed by atoms with van der Waals surface area (Å²) in [5.74, 6) is 1.73. The average Bonchev–Trinajstić information content (AvgIpc) is 2.84. The minimum atomic E-state index is -0.221. The van der Waals surface area contributed by atoms with Crippen LogP contribution in [0.25, 0.3) is 0 Å². The summed E-state index contributed by atoms with van der Waals surface area (Å²) >= 11 is 0. The van der Waals surface area contributed by atoms with Gasteiger partial charge in [-0.2, -0.15) is 0 Å². The van der Waals surface area contributed by atoms with E-state index in [2.05, 4.69) is 24.5 Å². The first-order valence-electron chi connectivity index (χ1n) is 9.06. The highest BCUT2D eigenvalue weighted by Gasteiger charge is 2.21. The van der Waals surface area contributed by atoms with E-state index >= 15 is 0 Å². The smallest absolute Gasteiger partial charge is 0.319 e. The molecule has 0 saturated heterocycles. The molecule has 0 bridgehead atoms. The quantitative estimate of drug-likeness (QED) is 0.838. The first-order chi connectivity index (χ1) is 12.5. The van der Waals surface area contributed by atoms with Gasteiger partial charge in [-0.3, -0.25) is 0 Å². The molecule has 2 N–H and O–H groups in total. The minimum absolute atomic E-state index is 0.128. The molecule has 1 heterocycles. The van der Waals surface area contributed by atoms with Crippen molar-refractivity contribution in [3.05, 3.63) is 53.6 Å². The minimum Gasteiger partial charge on any atom is -0.490 e. The van der Waals surface area contributed by atoms with Crippen LogP contribution in [0.5, 0.6) is 11.5 Å². The van der Waals surface area contributed by atoms with Gasteiger partial charge in [-0.05, 0) is 48.2 Å². The number of ether oxygens (including phenoxy) is 2. The van der Waals surface area contributed by atoms with E-state index in [1.54, 1.807) is 0 Å². The number of hydrogen-bond donors (Lipinski definition) is 2. The van der Waals surface area contributed by atoms with Gasteiger partial charge < -0.3 is 20.1 Å². The molecule has 0 aromatic heterocycles. The highest BCUT2D eigenvalue weighted by molar-refractivity contribution is 5.89. The van der Waals surface area contributed by atoms with Gasteiger partial charge in [0.2, 0.25) is 0 Å². The fraction of sp³-hybridized carbons (Fsp3) is 0.381. The number of carbonyl (C=O) groups is 1. The number of rotatable bonds is 4. The third kappa shape index (κ3) is 4.48. The predicted molar refractivity (Wildman–Crippen MR) is 103 cm³/mol. The molecule has 0 spiro atoms. The van der Waals surface area contributed by atoms with E-state index in [0.717, 1.165) is 34.7 Å². The molecule has 5 nitrogen and oxygen atoms in total. The summed E-state index contributed by atoms with van der Waals surface area (Å²) in [7, 11) is 0. The van der Waals surface area contributed by atoms with Gasteiger partial charge in [-0.15, -0.1) is 0 Å². The maximum absolute atomic E-state index is 12.5. The van der Waals surface area contributed by atoms with Gasteiger partial charge in [0.15, 0.2) is 11.5 Å². The molecule has 0 radical (unpaired) electrons. The topological polar surface area (TPSA) is 59.6 Å². The van der Waals surface area contributed by atoms with E-state index < -0.39 is 0 Å². The Morgan fingerprint density at radius 3 is 2.54 bits per heavy atom. The molecule has 0 fully saturated rings. The average molecular weight is 354 g/mol. The Kier molecular flexibility index (Phi) is 5.66. The zero-order valence-corrected chi connectivity index (χ0v) is 15.5. The molecular weight excluding hydrogens is 328 g/mol. The van der Waals surface area contributed by atoms with E-state index in [-0.39, 0.29) is 18.0 Å². The van der Waals surface area contributed by atoms with Crippen LogP contribution >= 0.6 is 0 Å². The predicted octanol–water partition coefficient (Wildman–Crippen LogP) is 4.68. The number of amides is 2. The van der Waals surface area contributed by atoms with Crippen LogP contribution in [-0.2, 0) is 0 Å². The molecule has 2 aromatic carbocycles. The molecule has 0 saturated carbocycles. The van der Waals surface area contributed by atoms with Crippen LogP contribution in [-0.4, -0.2) is 19.2 Å². The zero-order chi connectivity index (χ0) is 18.5. The normalized spacial score (nSPS) is 14.5. The van der Waals surface area contributed by atoms with Crippen LogP contribution < -0.4 is 20.1 Å². The Morgan fingerprint density at radius 1 is 1.04 bits per heavy atom. The molecule has 1 aliphatic rings. The van der Waals surface area contributed by atoms with Gasteiger partial charge in [-0.25, -0.2) is 4.79 Å². The molecule has 1 atom stereocenters. The van der Waals surface area contributed by atoms with Crippen molar-refractivity contribution in [1.29, 1.82) is 0 Å². The van der Waals surface area contributed by atoms with Crippen molar-refractivity contribution in [2.24, 2.45) is 5.92 Å². The number of carbonyl (C=O) groups excluding carboxylic acids is 1. The van der Waals surface area contributed by atoms with Crippen molar-refractivity contribution in [2.75, 3.05) is 18.5 Å². The SMILES string of the molecule is Cc1cccc(NC(=O)N[C@@H](c2ccc3c(c2)OCCCO3)C(C)C)c1. The van der Waals surface area contributed by atoms with E-state index in [0.29, 0.717) is 13.2 Å². The molecule has 0 unspecified atom stereocenters. The summed E-state index contributed by atoms with van der Waals surface area (Å²) in [6.45, 7) is 7.47. The van der Waals surface area contributed by atoms with Gasteiger partial charge in [0.25, 0.3) is 0 Å². The van der Waals surface area contributed by atoms with Crippen LogP contribution in [0, 0.1) is 12.8 Å². The second-order valence-electron chi connectivity index (χ2n) is 6.95. The van der Waals surface area contributed by atoms with Gasteiger partial charge in [0.1, 0.15) is 0 Å². The Bertz CT molecular complexity index is 774. The Morgan fingerprint density at radius 2 is 1.81 bits per heavy atom. The molecule has 138 valence electrons. The zero-order valence-electron chi connectivity index (χ0n) is 15.5. The third-order valence-corrected chi connectivity index (χ3v) is 4.36. The molecule has 26 heavy (non-hydrogen) atoms. The van der Waals surface area contributed by atoms with Crippen molar-refractivity contribution < 1.29 is 14.3 Å². The first kappa shape index (κ1) is 18.1. The van der Waals surface area contributed by atoms with Crippen molar-refractivity contribution in [3.8, 4) is 11.5 Å². The number of fused-ring (bicyclic) bond motifs is 1. The fourth-order valence-corrected chi connectivity index (χ4v) is 3.04. The standard InChI is InChI=1S/C21H26N2O3/c1-14(2)20(23-21(24)22-17-7-4-6-15(3)12-17)16-8-9-18-19(13-16)26-11-5-10-25-18/h4,6-9,12-14,20H,5,10-11H2,1-3H3,(H2,22,23,24)/t20-/m1/s1. The van der Waals surface area contributed by atoms with Crippen LogP contribution in [0.2, 0.25) is 0 Å². The summed E-state index contributed by atoms with van der Waals surface area (Å²) in [5.41, 5.74) is 2.89. The second kappa shape index (κ2) is 8.13. The van der Waals surface area contributed by atoms with Gasteiger partial charge in [0, 0.05) is 12.1 Å². The molecular formula is C21H26N2O3. The van der Waals surface area contributed by atoms with E-state index in [1.165, 1.54) is 0 Å². The van der Waals surface area contributed by atoms with Gasteiger partial charge in [0.05, 0.1) is 19.3 Å². The number of hydrogen-bond acceptors (Lipinski definition) is 3. The van der Waals surface area contributed by atoms with Gasteiger partial charge in [-0.1, -0.05) is 32.0 Å². The molecule has 2 amide bonds. The Labute approximate surface area is 154 Å². The van der Waals surface area contributed by atoms with E-state index in [4.69, 9.17) is 9.47 Å². The molecule has 5 heteroatoms. The second-order valence-corrected chi connectivity index (χ2v) is 6.95. The van der Waals surface area contributed by atoms with Crippen molar-refractivity contribution in [1.82, 2.24) is 5.32 Å². The summed E-state index contributed by atoms with van der Waals surface area (Å²) in [5, 5.41) is 5.98. The fourth-order valence-electron chi connectivity index (χ4n) is 3.04.